The van der Waals surface area contributed by atoms with Gasteiger partial charge in [-0.25, -0.2) is 4.68 Å². The molecule has 0 aliphatic rings. The Morgan fingerprint density at radius 2 is 1.65 bits per heavy atom. The first kappa shape index (κ1) is 24.0. The topological polar surface area (TPSA) is 51.9 Å². The minimum Gasteiger partial charge on any atom is -0.324 e. The largest absolute Gasteiger partial charge is 0.324 e. The minimum absolute atomic E-state index is 0.0490. The molecule has 5 nitrogen and oxygen atoms in total. The summed E-state index contributed by atoms with van der Waals surface area (Å²) < 4.78 is 4.09. The number of aryl methyl sites for hydroxylation is 4. The Kier molecular flexibility index (Phi) is 7.34. The van der Waals surface area contributed by atoms with Crippen LogP contribution < -0.4 is 5.32 Å². The highest BCUT2D eigenvalue weighted by atomic mass is 32.2. The van der Waals surface area contributed by atoms with Gasteiger partial charge in [0.1, 0.15) is 12.4 Å². The van der Waals surface area contributed by atoms with Crippen LogP contribution >= 0.6 is 24.0 Å². The predicted molar refractivity (Wildman–Crippen MR) is 142 cm³/mol. The average molecular weight is 489 g/mol. The molecule has 3 aromatic carbocycles. The van der Waals surface area contributed by atoms with E-state index in [0.717, 1.165) is 38.8 Å². The van der Waals surface area contributed by atoms with E-state index in [4.69, 9.17) is 17.3 Å². The van der Waals surface area contributed by atoms with Gasteiger partial charge in [-0.1, -0.05) is 48.0 Å². The normalized spacial score (nSPS) is 10.9. The van der Waals surface area contributed by atoms with Crippen molar-refractivity contribution in [2.45, 2.75) is 44.9 Å². The Labute approximate surface area is 209 Å². The van der Waals surface area contributed by atoms with Crippen LogP contribution in [0.4, 0.5) is 5.69 Å². The molecule has 34 heavy (non-hydrogen) atoms. The number of benzene rings is 3. The van der Waals surface area contributed by atoms with Crippen LogP contribution in [0.25, 0.3) is 5.69 Å². The number of thioether (sulfide) groups is 1. The molecule has 0 spiro atoms. The Hall–Kier alpha value is -3.16. The van der Waals surface area contributed by atoms with Crippen LogP contribution in [0.2, 0.25) is 0 Å². The molecule has 0 atom stereocenters. The molecule has 174 valence electrons. The molecule has 0 aliphatic heterocycles. The Morgan fingerprint density at radius 1 is 0.941 bits per heavy atom. The molecule has 0 saturated heterocycles. The van der Waals surface area contributed by atoms with Crippen LogP contribution in [-0.2, 0) is 17.1 Å². The maximum absolute atomic E-state index is 13.0. The third kappa shape index (κ3) is 5.48. The lowest BCUT2D eigenvalue weighted by Gasteiger charge is -2.12. The monoisotopic (exact) mass is 488 g/mol. The molecule has 0 bridgehead atoms. The fraction of sp³-hybridized carbons (Fsp3) is 0.222. The van der Waals surface area contributed by atoms with E-state index in [2.05, 4.69) is 55.6 Å². The lowest BCUT2D eigenvalue weighted by molar-refractivity contribution is -0.116. The molecule has 4 rings (SSSR count). The van der Waals surface area contributed by atoms with Crippen molar-refractivity contribution in [1.29, 1.82) is 0 Å². The third-order valence-corrected chi connectivity index (χ3v) is 6.91. The van der Waals surface area contributed by atoms with Crippen molar-refractivity contribution in [3.05, 3.63) is 99.6 Å². The van der Waals surface area contributed by atoms with Gasteiger partial charge >= 0.3 is 0 Å². The molecule has 1 aromatic heterocycles. The number of nitrogens with zero attached hydrogens (tertiary/aromatic N) is 3. The SMILES string of the molecule is Cc1cccc(-n2c(CSc3ccccc3)nn(CC(=O)Nc3c(C)cc(C)cc3C)c2=S)c1. The van der Waals surface area contributed by atoms with Gasteiger partial charge in [-0.05, 0) is 80.9 Å². The quantitative estimate of drug-likeness (QED) is 0.236. The highest BCUT2D eigenvalue weighted by Gasteiger charge is 2.16. The van der Waals surface area contributed by atoms with Gasteiger partial charge in [0.25, 0.3) is 0 Å². The number of amides is 1. The summed E-state index contributed by atoms with van der Waals surface area (Å²) >= 11 is 7.49. The molecule has 0 unspecified atom stereocenters. The summed E-state index contributed by atoms with van der Waals surface area (Å²) in [5.41, 5.74) is 6.19. The third-order valence-electron chi connectivity index (χ3n) is 5.51. The number of carbonyl (C=O) groups is 1. The second kappa shape index (κ2) is 10.4. The Morgan fingerprint density at radius 3 is 2.32 bits per heavy atom. The van der Waals surface area contributed by atoms with Crippen LogP contribution in [0.1, 0.15) is 28.1 Å². The van der Waals surface area contributed by atoms with Crippen molar-refractivity contribution < 1.29 is 4.79 Å². The van der Waals surface area contributed by atoms with Crippen LogP contribution in [0, 0.1) is 32.5 Å². The molecule has 0 saturated carbocycles. The Bertz CT molecular complexity index is 1370. The summed E-state index contributed by atoms with van der Waals surface area (Å²) in [5.74, 6) is 1.29. The van der Waals surface area contributed by atoms with Gasteiger partial charge in [0, 0.05) is 16.3 Å². The number of nitrogens with one attached hydrogen (secondary N) is 1. The number of aromatic nitrogens is 3. The van der Waals surface area contributed by atoms with E-state index in [1.807, 2.05) is 48.7 Å². The molecule has 1 N–H and O–H groups in total. The molecular weight excluding hydrogens is 460 g/mol. The Balaban J connectivity index is 1.63. The van der Waals surface area contributed by atoms with Crippen molar-refractivity contribution >= 4 is 35.6 Å². The van der Waals surface area contributed by atoms with Gasteiger partial charge in [-0.15, -0.1) is 11.8 Å². The molecule has 4 aromatic rings. The summed E-state index contributed by atoms with van der Waals surface area (Å²) in [6, 6.07) is 22.5. The van der Waals surface area contributed by atoms with E-state index in [1.165, 1.54) is 5.56 Å². The second-order valence-corrected chi connectivity index (χ2v) is 9.87. The van der Waals surface area contributed by atoms with E-state index in [0.29, 0.717) is 10.5 Å². The van der Waals surface area contributed by atoms with Gasteiger partial charge in [-0.2, -0.15) is 5.10 Å². The summed E-state index contributed by atoms with van der Waals surface area (Å²) in [7, 11) is 0. The summed E-state index contributed by atoms with van der Waals surface area (Å²) in [4.78, 5) is 14.1. The van der Waals surface area contributed by atoms with E-state index in [9.17, 15) is 4.79 Å². The second-order valence-electron chi connectivity index (χ2n) is 8.45. The van der Waals surface area contributed by atoms with Crippen molar-refractivity contribution in [3.8, 4) is 5.69 Å². The van der Waals surface area contributed by atoms with Crippen LogP contribution in [0.15, 0.2) is 71.6 Å². The zero-order valence-corrected chi connectivity index (χ0v) is 21.5. The van der Waals surface area contributed by atoms with Crippen molar-refractivity contribution in [1.82, 2.24) is 14.3 Å². The van der Waals surface area contributed by atoms with E-state index < -0.39 is 0 Å². The van der Waals surface area contributed by atoms with Crippen LogP contribution in [0.3, 0.4) is 0 Å². The molecule has 1 amide bonds. The van der Waals surface area contributed by atoms with E-state index >= 15 is 0 Å². The standard InChI is InChI=1S/C27H28N4OS2/c1-18-9-8-10-22(15-18)31-24(17-34-23-11-6-5-7-12-23)29-30(27(31)33)16-25(32)28-26-20(3)13-19(2)14-21(26)4/h5-15H,16-17H2,1-4H3,(H,28,32). The lowest BCUT2D eigenvalue weighted by atomic mass is 10.1. The van der Waals surface area contributed by atoms with Crippen LogP contribution in [-0.4, -0.2) is 20.3 Å². The fourth-order valence-corrected chi connectivity index (χ4v) is 5.18. The van der Waals surface area contributed by atoms with Crippen molar-refractivity contribution in [3.63, 3.8) is 0 Å². The number of anilines is 1. The van der Waals surface area contributed by atoms with Gasteiger partial charge in [0.05, 0.1) is 5.75 Å². The van der Waals surface area contributed by atoms with E-state index in [1.54, 1.807) is 16.4 Å². The van der Waals surface area contributed by atoms with Crippen molar-refractivity contribution in [2.24, 2.45) is 0 Å². The zero-order valence-electron chi connectivity index (χ0n) is 19.8. The average Bonchev–Trinajstić information content (AvgIpc) is 3.10. The number of carbonyl (C=O) groups excluding carboxylic acids is 1. The first-order valence-corrected chi connectivity index (χ1v) is 12.5. The number of hydrogen-bond donors (Lipinski definition) is 1. The minimum atomic E-state index is -0.151. The highest BCUT2D eigenvalue weighted by Crippen LogP contribution is 2.25. The summed E-state index contributed by atoms with van der Waals surface area (Å²) in [6.07, 6.45) is 0. The van der Waals surface area contributed by atoms with Crippen molar-refractivity contribution in [2.75, 3.05) is 5.32 Å². The molecule has 0 aliphatic carbocycles. The first-order chi connectivity index (χ1) is 16.3. The maximum atomic E-state index is 13.0. The smallest absolute Gasteiger partial charge is 0.246 e. The van der Waals surface area contributed by atoms with Gasteiger partial charge in [0.15, 0.2) is 0 Å². The van der Waals surface area contributed by atoms with Gasteiger partial charge in [0.2, 0.25) is 10.7 Å². The molecule has 7 heteroatoms. The summed E-state index contributed by atoms with van der Waals surface area (Å²) in [5, 5.41) is 7.82. The molecular formula is C27H28N4OS2. The van der Waals surface area contributed by atoms with Crippen LogP contribution in [0.5, 0.6) is 0 Å². The molecule has 0 fully saturated rings. The fourth-order valence-electron chi connectivity index (χ4n) is 4.03. The number of rotatable bonds is 7. The predicted octanol–water partition coefficient (Wildman–Crippen LogP) is 6.57. The van der Waals surface area contributed by atoms with Gasteiger partial charge < -0.3 is 5.32 Å². The van der Waals surface area contributed by atoms with Gasteiger partial charge in [-0.3, -0.25) is 9.36 Å². The summed E-state index contributed by atoms with van der Waals surface area (Å²) in [6.45, 7) is 8.17. The first-order valence-electron chi connectivity index (χ1n) is 11.1. The lowest BCUT2D eigenvalue weighted by Crippen LogP contribution is -2.21. The number of hydrogen-bond acceptors (Lipinski definition) is 4. The molecule has 1 heterocycles. The maximum Gasteiger partial charge on any atom is 0.246 e. The van der Waals surface area contributed by atoms with E-state index in [-0.39, 0.29) is 12.5 Å². The zero-order chi connectivity index (χ0) is 24.2. The molecule has 0 radical (unpaired) electrons. The highest BCUT2D eigenvalue weighted by molar-refractivity contribution is 7.98.